The van der Waals surface area contributed by atoms with Gasteiger partial charge < -0.3 is 5.11 Å². The van der Waals surface area contributed by atoms with Crippen LogP contribution in [0.5, 0.6) is 0 Å². The number of unbranched alkanes of at least 4 members (excludes halogenated alkanes) is 9. The van der Waals surface area contributed by atoms with Gasteiger partial charge in [-0.05, 0) is 47.6 Å². The first-order chi connectivity index (χ1) is 15.2. The second-order valence-corrected chi connectivity index (χ2v) is 9.27. The third kappa shape index (κ3) is 6.98. The predicted octanol–water partition coefficient (Wildman–Crippen LogP) is 7.20. The lowest BCUT2D eigenvalue weighted by molar-refractivity contribution is 0.215. The SMILES string of the molecule is CCCCCCCCCCCCc1ccc(C(O)c2nsc3ccccc3c2=O)cc1. The van der Waals surface area contributed by atoms with Gasteiger partial charge in [0.1, 0.15) is 11.8 Å². The lowest BCUT2D eigenvalue weighted by Gasteiger charge is -2.11. The maximum atomic E-state index is 12.7. The van der Waals surface area contributed by atoms with Gasteiger partial charge in [0, 0.05) is 5.39 Å². The van der Waals surface area contributed by atoms with Crippen LogP contribution in [-0.4, -0.2) is 9.48 Å². The van der Waals surface area contributed by atoms with Crippen molar-refractivity contribution in [2.24, 2.45) is 0 Å². The molecule has 0 saturated carbocycles. The van der Waals surface area contributed by atoms with Crippen molar-refractivity contribution in [3.8, 4) is 0 Å². The van der Waals surface area contributed by atoms with Gasteiger partial charge in [-0.15, -0.1) is 0 Å². The van der Waals surface area contributed by atoms with Crippen molar-refractivity contribution in [2.45, 2.75) is 83.7 Å². The van der Waals surface area contributed by atoms with Crippen molar-refractivity contribution in [2.75, 3.05) is 0 Å². The van der Waals surface area contributed by atoms with E-state index in [1.54, 1.807) is 6.07 Å². The van der Waals surface area contributed by atoms with E-state index in [2.05, 4.69) is 23.4 Å². The van der Waals surface area contributed by atoms with Gasteiger partial charge in [0.05, 0.1) is 4.70 Å². The van der Waals surface area contributed by atoms with Crippen molar-refractivity contribution in [1.29, 1.82) is 0 Å². The zero-order valence-electron chi connectivity index (χ0n) is 18.7. The maximum absolute atomic E-state index is 12.7. The number of aliphatic hydroxyl groups excluding tert-OH is 1. The number of nitrogens with zero attached hydrogens (tertiary/aromatic N) is 1. The van der Waals surface area contributed by atoms with Gasteiger partial charge in [0.25, 0.3) is 0 Å². The fraction of sp³-hybridized carbons (Fsp3) is 0.481. The van der Waals surface area contributed by atoms with Crippen LogP contribution in [0.1, 0.15) is 94.1 Å². The smallest absolute Gasteiger partial charge is 0.212 e. The Hall–Kier alpha value is -2.04. The van der Waals surface area contributed by atoms with Crippen LogP contribution in [-0.2, 0) is 6.42 Å². The fourth-order valence-electron chi connectivity index (χ4n) is 4.03. The second kappa shape index (κ2) is 12.7. The minimum atomic E-state index is -0.986. The molecule has 0 saturated heterocycles. The molecule has 31 heavy (non-hydrogen) atoms. The first-order valence-electron chi connectivity index (χ1n) is 11.9. The summed E-state index contributed by atoms with van der Waals surface area (Å²) in [5.74, 6) is 0. The first-order valence-corrected chi connectivity index (χ1v) is 12.6. The molecule has 0 aliphatic rings. The fourth-order valence-corrected chi connectivity index (χ4v) is 4.80. The molecule has 1 aromatic heterocycles. The Labute approximate surface area is 190 Å². The minimum Gasteiger partial charge on any atom is -0.382 e. The molecular formula is C27H35NO2S. The van der Waals surface area contributed by atoms with Gasteiger partial charge in [0.15, 0.2) is 0 Å². The Bertz CT molecular complexity index is 980. The molecular weight excluding hydrogens is 402 g/mol. The lowest BCUT2D eigenvalue weighted by Crippen LogP contribution is -2.16. The summed E-state index contributed by atoms with van der Waals surface area (Å²) in [6, 6.07) is 15.4. The van der Waals surface area contributed by atoms with Crippen LogP contribution in [0.4, 0.5) is 0 Å². The second-order valence-electron chi connectivity index (χ2n) is 8.47. The van der Waals surface area contributed by atoms with Crippen molar-refractivity contribution >= 4 is 21.6 Å². The van der Waals surface area contributed by atoms with Crippen molar-refractivity contribution in [1.82, 2.24) is 4.37 Å². The molecule has 3 rings (SSSR count). The number of aryl methyl sites for hydroxylation is 1. The lowest BCUT2D eigenvalue weighted by atomic mass is 10.0. The number of aromatic nitrogens is 1. The number of benzene rings is 2. The number of aliphatic hydroxyl groups is 1. The third-order valence-corrected chi connectivity index (χ3v) is 6.82. The molecule has 0 aliphatic carbocycles. The molecule has 1 N–H and O–H groups in total. The molecule has 1 heterocycles. The Balaban J connectivity index is 1.44. The molecule has 0 amide bonds. The van der Waals surface area contributed by atoms with Crippen LogP contribution < -0.4 is 5.43 Å². The number of hydrogen-bond acceptors (Lipinski definition) is 4. The highest BCUT2D eigenvalue weighted by molar-refractivity contribution is 7.12. The molecule has 3 nitrogen and oxygen atoms in total. The molecule has 0 fully saturated rings. The van der Waals surface area contributed by atoms with Crippen LogP contribution in [0.15, 0.2) is 53.3 Å². The van der Waals surface area contributed by atoms with Crippen LogP contribution in [0.3, 0.4) is 0 Å². The zero-order chi connectivity index (χ0) is 21.9. The van der Waals surface area contributed by atoms with E-state index in [4.69, 9.17) is 0 Å². The summed E-state index contributed by atoms with van der Waals surface area (Å²) >= 11 is 1.26. The predicted molar refractivity (Wildman–Crippen MR) is 132 cm³/mol. The maximum Gasteiger partial charge on any atom is 0.212 e. The highest BCUT2D eigenvalue weighted by Gasteiger charge is 2.17. The topological polar surface area (TPSA) is 50.2 Å². The molecule has 1 unspecified atom stereocenters. The van der Waals surface area contributed by atoms with Gasteiger partial charge in [0.2, 0.25) is 5.43 Å². The first kappa shape index (κ1) is 23.6. The number of rotatable bonds is 13. The van der Waals surface area contributed by atoms with Gasteiger partial charge in [-0.1, -0.05) is 101 Å². The van der Waals surface area contributed by atoms with E-state index in [-0.39, 0.29) is 11.1 Å². The summed E-state index contributed by atoms with van der Waals surface area (Å²) in [5, 5.41) is 11.4. The van der Waals surface area contributed by atoms with E-state index in [0.29, 0.717) is 5.39 Å². The summed E-state index contributed by atoms with van der Waals surface area (Å²) in [6.45, 7) is 2.26. The van der Waals surface area contributed by atoms with E-state index in [1.807, 2.05) is 30.3 Å². The summed E-state index contributed by atoms with van der Waals surface area (Å²) in [6.07, 6.45) is 13.5. The van der Waals surface area contributed by atoms with E-state index in [1.165, 1.54) is 81.3 Å². The van der Waals surface area contributed by atoms with Crippen LogP contribution in [0, 0.1) is 0 Å². The van der Waals surface area contributed by atoms with E-state index in [9.17, 15) is 9.90 Å². The Kier molecular flexibility index (Phi) is 9.70. The van der Waals surface area contributed by atoms with Gasteiger partial charge in [-0.3, -0.25) is 4.79 Å². The standard InChI is InChI=1S/C27H35NO2S/c1-2-3-4-5-6-7-8-9-10-11-14-21-17-19-22(20-18-21)26(29)25-27(30)23-15-12-13-16-24(23)31-28-25/h12-13,15-20,26,29H,2-11,14H2,1H3. The van der Waals surface area contributed by atoms with E-state index in [0.717, 1.165) is 16.7 Å². The molecule has 4 heteroatoms. The summed E-state index contributed by atoms with van der Waals surface area (Å²) in [7, 11) is 0. The van der Waals surface area contributed by atoms with Crippen LogP contribution >= 0.6 is 11.5 Å². The van der Waals surface area contributed by atoms with Crippen molar-refractivity contribution in [3.63, 3.8) is 0 Å². The summed E-state index contributed by atoms with van der Waals surface area (Å²) in [5.41, 5.74) is 2.04. The summed E-state index contributed by atoms with van der Waals surface area (Å²) in [4.78, 5) is 12.7. The third-order valence-electron chi connectivity index (χ3n) is 5.98. The van der Waals surface area contributed by atoms with Crippen LogP contribution in [0.2, 0.25) is 0 Å². The molecule has 0 bridgehead atoms. The number of fused-ring (bicyclic) bond motifs is 1. The molecule has 0 radical (unpaired) electrons. The summed E-state index contributed by atoms with van der Waals surface area (Å²) < 4.78 is 5.13. The molecule has 2 aromatic carbocycles. The largest absolute Gasteiger partial charge is 0.382 e. The van der Waals surface area contributed by atoms with E-state index >= 15 is 0 Å². The van der Waals surface area contributed by atoms with Crippen molar-refractivity contribution in [3.05, 3.63) is 75.6 Å². The highest BCUT2D eigenvalue weighted by Crippen LogP contribution is 2.23. The highest BCUT2D eigenvalue weighted by atomic mass is 32.1. The van der Waals surface area contributed by atoms with Crippen LogP contribution in [0.25, 0.3) is 10.1 Å². The van der Waals surface area contributed by atoms with Gasteiger partial charge in [-0.25, -0.2) is 0 Å². The molecule has 0 spiro atoms. The quantitative estimate of drug-likeness (QED) is 0.288. The van der Waals surface area contributed by atoms with E-state index < -0.39 is 6.10 Å². The van der Waals surface area contributed by atoms with Gasteiger partial charge >= 0.3 is 0 Å². The Morgan fingerprint density at radius 2 is 1.45 bits per heavy atom. The molecule has 166 valence electrons. The number of hydrogen-bond donors (Lipinski definition) is 1. The zero-order valence-corrected chi connectivity index (χ0v) is 19.5. The average Bonchev–Trinajstić information content (AvgIpc) is 2.81. The monoisotopic (exact) mass is 437 g/mol. The minimum absolute atomic E-state index is 0.184. The molecule has 3 aromatic rings. The average molecular weight is 438 g/mol. The normalized spacial score (nSPS) is 12.3. The Morgan fingerprint density at radius 1 is 0.839 bits per heavy atom. The molecule has 0 aliphatic heterocycles. The Morgan fingerprint density at radius 3 is 2.13 bits per heavy atom. The molecule has 1 atom stereocenters. The van der Waals surface area contributed by atoms with Gasteiger partial charge in [-0.2, -0.15) is 4.37 Å². The van der Waals surface area contributed by atoms with Crippen molar-refractivity contribution < 1.29 is 5.11 Å².